The predicted octanol–water partition coefficient (Wildman–Crippen LogP) is 3.03. The molecule has 1 atom stereocenters. The normalized spacial score (nSPS) is 16.8. The van der Waals surface area contributed by atoms with Crippen molar-refractivity contribution in [1.29, 1.82) is 0 Å². The summed E-state index contributed by atoms with van der Waals surface area (Å²) in [6.07, 6.45) is 0. The number of aromatic amines is 1. The molecule has 2 aromatic heterocycles. The van der Waals surface area contributed by atoms with E-state index in [1.165, 1.54) is 0 Å². The van der Waals surface area contributed by atoms with Crippen molar-refractivity contribution in [2.45, 2.75) is 19.5 Å². The van der Waals surface area contributed by atoms with E-state index in [1.807, 2.05) is 43.3 Å². The summed E-state index contributed by atoms with van der Waals surface area (Å²) in [5.41, 5.74) is 0.682. The van der Waals surface area contributed by atoms with E-state index < -0.39 is 0 Å². The van der Waals surface area contributed by atoms with E-state index in [0.717, 1.165) is 30.1 Å². The molecule has 1 fully saturated rings. The quantitative estimate of drug-likeness (QED) is 0.714. The van der Waals surface area contributed by atoms with Crippen molar-refractivity contribution < 1.29 is 9.15 Å². The Balaban J connectivity index is 1.77. The van der Waals surface area contributed by atoms with Gasteiger partial charge in [-0.25, -0.2) is 0 Å². The number of morpholine rings is 1. The van der Waals surface area contributed by atoms with Crippen LogP contribution in [0.3, 0.4) is 0 Å². The molecule has 26 heavy (non-hydrogen) atoms. The number of H-pyrrole nitrogens is 1. The first-order valence-electron chi connectivity index (χ1n) is 8.73. The molecule has 0 amide bonds. The van der Waals surface area contributed by atoms with Gasteiger partial charge in [-0.2, -0.15) is 0 Å². The van der Waals surface area contributed by atoms with Crippen LogP contribution in [-0.2, 0) is 11.3 Å². The van der Waals surface area contributed by atoms with Crippen LogP contribution >= 0.6 is 12.2 Å². The lowest BCUT2D eigenvalue weighted by atomic mass is 10.1. The minimum Gasteiger partial charge on any atom is -0.465 e. The number of rotatable bonds is 4. The molecule has 3 aromatic rings. The van der Waals surface area contributed by atoms with Crippen LogP contribution in [0.4, 0.5) is 0 Å². The van der Waals surface area contributed by atoms with E-state index >= 15 is 0 Å². The topological polar surface area (TPSA) is 63.4 Å². The van der Waals surface area contributed by atoms with Crippen LogP contribution < -0.4 is 5.56 Å². The number of aryl methyl sites for hydroxylation is 1. The van der Waals surface area contributed by atoms with Gasteiger partial charge in [-0.05, 0) is 43.4 Å². The van der Waals surface area contributed by atoms with Gasteiger partial charge in [-0.3, -0.25) is 14.3 Å². The number of fused-ring (bicyclic) bond motifs is 1. The fourth-order valence-electron chi connectivity index (χ4n) is 3.44. The molecule has 0 radical (unpaired) electrons. The number of ether oxygens (including phenoxy) is 1. The van der Waals surface area contributed by atoms with Crippen LogP contribution in [-0.4, -0.2) is 40.8 Å². The molecule has 0 saturated carbocycles. The third kappa shape index (κ3) is 3.25. The van der Waals surface area contributed by atoms with Gasteiger partial charge in [0.2, 0.25) is 0 Å². The molecule has 1 aliphatic heterocycles. The fraction of sp³-hybridized carbons (Fsp3) is 0.368. The lowest BCUT2D eigenvalue weighted by Crippen LogP contribution is -2.41. The highest BCUT2D eigenvalue weighted by molar-refractivity contribution is 7.71. The molecule has 136 valence electrons. The van der Waals surface area contributed by atoms with E-state index in [2.05, 4.69) is 9.88 Å². The van der Waals surface area contributed by atoms with Gasteiger partial charge in [0.25, 0.3) is 5.56 Å². The Morgan fingerprint density at radius 2 is 1.96 bits per heavy atom. The molecule has 1 aliphatic rings. The van der Waals surface area contributed by atoms with E-state index in [0.29, 0.717) is 29.9 Å². The van der Waals surface area contributed by atoms with E-state index in [-0.39, 0.29) is 11.6 Å². The minimum atomic E-state index is -0.0779. The van der Waals surface area contributed by atoms with Crippen LogP contribution in [0, 0.1) is 11.7 Å². The first-order valence-corrected chi connectivity index (χ1v) is 9.14. The molecular weight excluding hydrogens is 350 g/mol. The molecule has 1 aromatic carbocycles. The average molecular weight is 371 g/mol. The second-order valence-electron chi connectivity index (χ2n) is 6.50. The molecule has 0 spiro atoms. The van der Waals surface area contributed by atoms with Gasteiger partial charge in [-0.15, -0.1) is 0 Å². The molecule has 4 rings (SSSR count). The average Bonchev–Trinajstić information content (AvgIpc) is 3.08. The summed E-state index contributed by atoms with van der Waals surface area (Å²) < 4.78 is 13.4. The molecule has 3 heterocycles. The molecule has 1 N–H and O–H groups in total. The minimum absolute atomic E-state index is 0.0680. The van der Waals surface area contributed by atoms with Crippen molar-refractivity contribution in [2.75, 3.05) is 26.3 Å². The lowest BCUT2D eigenvalue weighted by Gasteiger charge is -2.33. The van der Waals surface area contributed by atoms with Gasteiger partial charge in [0.15, 0.2) is 4.77 Å². The summed E-state index contributed by atoms with van der Waals surface area (Å²) >= 11 is 5.48. The SMILES string of the molecule is Cc1ccc(C(Cn2c(=S)[nH]c3ccccc3c2=O)N2CCOCC2)o1. The van der Waals surface area contributed by atoms with Gasteiger partial charge in [-0.1, -0.05) is 12.1 Å². The summed E-state index contributed by atoms with van der Waals surface area (Å²) in [6.45, 7) is 5.30. The molecule has 1 unspecified atom stereocenters. The molecule has 6 nitrogen and oxygen atoms in total. The maximum absolute atomic E-state index is 13.0. The zero-order valence-corrected chi connectivity index (χ0v) is 15.4. The molecule has 0 aliphatic carbocycles. The number of aromatic nitrogens is 2. The number of para-hydroxylation sites is 1. The van der Waals surface area contributed by atoms with Crippen LogP contribution in [0.5, 0.6) is 0 Å². The Hall–Kier alpha value is -2.22. The number of furan rings is 1. The molecule has 0 bridgehead atoms. The third-order valence-electron chi connectivity index (χ3n) is 4.82. The summed E-state index contributed by atoms with van der Waals surface area (Å²) in [4.78, 5) is 18.5. The lowest BCUT2D eigenvalue weighted by molar-refractivity contribution is 0.00701. The molecule has 1 saturated heterocycles. The number of nitrogens with one attached hydrogen (secondary N) is 1. The van der Waals surface area contributed by atoms with Crippen molar-refractivity contribution in [1.82, 2.24) is 14.5 Å². The molecule has 7 heteroatoms. The summed E-state index contributed by atoms with van der Waals surface area (Å²) in [7, 11) is 0. The number of hydrogen-bond acceptors (Lipinski definition) is 5. The number of benzene rings is 1. The van der Waals surface area contributed by atoms with Gasteiger partial charge in [0, 0.05) is 13.1 Å². The number of hydrogen-bond donors (Lipinski definition) is 1. The molecular formula is C19H21N3O3S. The second kappa shape index (κ2) is 7.19. The zero-order valence-electron chi connectivity index (χ0n) is 14.6. The fourth-order valence-corrected chi connectivity index (χ4v) is 3.71. The Morgan fingerprint density at radius 1 is 1.19 bits per heavy atom. The van der Waals surface area contributed by atoms with Gasteiger partial charge in [0.1, 0.15) is 11.5 Å². The highest BCUT2D eigenvalue weighted by Gasteiger charge is 2.26. The summed E-state index contributed by atoms with van der Waals surface area (Å²) in [5, 5.41) is 0.637. The number of nitrogens with zero attached hydrogens (tertiary/aromatic N) is 2. The smallest absolute Gasteiger partial charge is 0.262 e. The highest BCUT2D eigenvalue weighted by Crippen LogP contribution is 2.25. The van der Waals surface area contributed by atoms with Gasteiger partial charge < -0.3 is 14.1 Å². The van der Waals surface area contributed by atoms with Crippen molar-refractivity contribution in [2.24, 2.45) is 0 Å². The van der Waals surface area contributed by atoms with Gasteiger partial charge in [0.05, 0.1) is 36.7 Å². The van der Waals surface area contributed by atoms with Crippen molar-refractivity contribution in [3.63, 3.8) is 0 Å². The van der Waals surface area contributed by atoms with Gasteiger partial charge >= 0.3 is 0 Å². The Bertz CT molecular complexity index is 1030. The first-order chi connectivity index (χ1) is 12.6. The van der Waals surface area contributed by atoms with Crippen LogP contribution in [0.25, 0.3) is 10.9 Å². The second-order valence-corrected chi connectivity index (χ2v) is 6.89. The predicted molar refractivity (Wildman–Crippen MR) is 102 cm³/mol. The zero-order chi connectivity index (χ0) is 18.1. The monoisotopic (exact) mass is 371 g/mol. The van der Waals surface area contributed by atoms with Crippen molar-refractivity contribution >= 4 is 23.1 Å². The maximum atomic E-state index is 13.0. The van der Waals surface area contributed by atoms with Crippen molar-refractivity contribution in [3.8, 4) is 0 Å². The summed E-state index contributed by atoms with van der Waals surface area (Å²) in [6, 6.07) is 11.3. The largest absolute Gasteiger partial charge is 0.465 e. The van der Waals surface area contributed by atoms with Crippen LogP contribution in [0.2, 0.25) is 0 Å². The standard InChI is InChI=1S/C19H21N3O3S/c1-13-6-7-17(25-13)16(21-8-10-24-11-9-21)12-22-18(23)14-4-2-3-5-15(14)20-19(22)26/h2-7,16H,8-12H2,1H3,(H,20,26). The van der Waals surface area contributed by atoms with E-state index in [9.17, 15) is 4.79 Å². The van der Waals surface area contributed by atoms with Crippen molar-refractivity contribution in [3.05, 3.63) is 63.0 Å². The Labute approximate surface area is 156 Å². The first kappa shape index (κ1) is 17.2. The summed E-state index contributed by atoms with van der Waals surface area (Å²) in [5.74, 6) is 1.70. The Kier molecular flexibility index (Phi) is 4.76. The highest BCUT2D eigenvalue weighted by atomic mass is 32.1. The Morgan fingerprint density at radius 3 is 2.69 bits per heavy atom. The maximum Gasteiger partial charge on any atom is 0.262 e. The third-order valence-corrected chi connectivity index (χ3v) is 5.14. The van der Waals surface area contributed by atoms with E-state index in [4.69, 9.17) is 21.4 Å². The van der Waals surface area contributed by atoms with Crippen LogP contribution in [0.15, 0.2) is 45.6 Å². The van der Waals surface area contributed by atoms with Crippen LogP contribution in [0.1, 0.15) is 17.6 Å². The van der Waals surface area contributed by atoms with E-state index in [1.54, 1.807) is 4.57 Å².